The Labute approximate surface area is 225 Å². The molecule has 0 aliphatic carbocycles. The SMILES string of the molecule is CCOP(=O)(O)OCn1cc(-c2ccnc(F)c2)c2cc(-c3cccc(NC(=O)/C=C/CN(C)C)c3)cnc21. The summed E-state index contributed by atoms with van der Waals surface area (Å²) in [7, 11) is -0.420. The lowest BCUT2D eigenvalue weighted by molar-refractivity contribution is -0.111. The molecule has 0 aliphatic heterocycles. The number of fused-ring (bicyclic) bond motifs is 1. The fourth-order valence-corrected chi connectivity index (χ4v) is 4.57. The lowest BCUT2D eigenvalue weighted by atomic mass is 10.0. The normalized spacial score (nSPS) is 13.3. The van der Waals surface area contributed by atoms with Crippen molar-refractivity contribution < 1.29 is 27.7 Å². The number of nitrogens with zero attached hydrogens (tertiary/aromatic N) is 4. The van der Waals surface area contributed by atoms with Gasteiger partial charge in [0, 0.05) is 59.5 Å². The highest BCUT2D eigenvalue weighted by Gasteiger charge is 2.22. The van der Waals surface area contributed by atoms with E-state index in [-0.39, 0.29) is 19.2 Å². The number of pyridine rings is 2. The molecule has 39 heavy (non-hydrogen) atoms. The molecule has 12 heteroatoms. The molecule has 0 bridgehead atoms. The van der Waals surface area contributed by atoms with E-state index in [2.05, 4.69) is 15.3 Å². The average Bonchev–Trinajstić information content (AvgIpc) is 3.25. The van der Waals surface area contributed by atoms with Crippen LogP contribution >= 0.6 is 7.82 Å². The second kappa shape index (κ2) is 12.4. The van der Waals surface area contributed by atoms with Gasteiger partial charge in [-0.3, -0.25) is 13.8 Å². The van der Waals surface area contributed by atoms with Crippen molar-refractivity contribution in [3.05, 3.63) is 79.2 Å². The Morgan fingerprint density at radius 1 is 1.15 bits per heavy atom. The molecule has 2 N–H and O–H groups in total. The van der Waals surface area contributed by atoms with Gasteiger partial charge >= 0.3 is 7.82 Å². The number of phosphoric acid groups is 1. The van der Waals surface area contributed by atoms with Crippen LogP contribution in [-0.4, -0.2) is 57.5 Å². The number of amides is 1. The zero-order valence-electron chi connectivity index (χ0n) is 21.7. The maximum atomic E-state index is 14.0. The molecule has 4 rings (SSSR count). The first kappa shape index (κ1) is 28.3. The van der Waals surface area contributed by atoms with Crippen LogP contribution in [0.2, 0.25) is 0 Å². The number of likely N-dealkylation sites (N-methyl/N-ethyl adjacent to an activating group) is 1. The molecule has 10 nitrogen and oxygen atoms in total. The van der Waals surface area contributed by atoms with E-state index in [0.717, 1.165) is 11.1 Å². The highest BCUT2D eigenvalue weighted by molar-refractivity contribution is 7.47. The van der Waals surface area contributed by atoms with Crippen LogP contribution in [0.4, 0.5) is 10.1 Å². The van der Waals surface area contributed by atoms with Crippen LogP contribution in [0.1, 0.15) is 6.92 Å². The molecule has 0 saturated carbocycles. The summed E-state index contributed by atoms with van der Waals surface area (Å²) in [6, 6.07) is 12.2. The summed E-state index contributed by atoms with van der Waals surface area (Å²) >= 11 is 0. The second-order valence-electron chi connectivity index (χ2n) is 8.85. The molecule has 4 aromatic rings. The molecule has 3 heterocycles. The molecule has 0 fully saturated rings. The first-order chi connectivity index (χ1) is 18.6. The second-order valence-corrected chi connectivity index (χ2v) is 10.3. The van der Waals surface area contributed by atoms with Crippen LogP contribution in [0, 0.1) is 5.95 Å². The third-order valence-electron chi connectivity index (χ3n) is 5.61. The Balaban J connectivity index is 1.69. The maximum Gasteiger partial charge on any atom is 0.473 e. The van der Waals surface area contributed by atoms with Gasteiger partial charge in [0.1, 0.15) is 12.4 Å². The van der Waals surface area contributed by atoms with Crippen LogP contribution in [0.25, 0.3) is 33.3 Å². The standard InChI is InChI=1S/C27H29FN5O5P/c1-4-37-39(35,36)38-18-33-17-24(20-10-11-29-25(28)15-20)23-14-21(16-30-27(23)33)19-7-5-8-22(13-19)31-26(34)9-6-12-32(2)3/h5-11,13-17H,4,12,18H2,1-3H3,(H,31,34)(H,35,36)/b9-6+. The van der Waals surface area contributed by atoms with Crippen molar-refractivity contribution in [1.82, 2.24) is 19.4 Å². The third kappa shape index (κ3) is 7.44. The van der Waals surface area contributed by atoms with Gasteiger partial charge in [0.05, 0.1) is 6.61 Å². The molecule has 204 valence electrons. The molecular weight excluding hydrogens is 524 g/mol. The molecule has 0 aliphatic rings. The molecule has 0 radical (unpaired) electrons. The van der Waals surface area contributed by atoms with Gasteiger partial charge in [0.25, 0.3) is 0 Å². The number of anilines is 1. The minimum absolute atomic E-state index is 0.00917. The van der Waals surface area contributed by atoms with Crippen LogP contribution in [-0.2, 0) is 25.1 Å². The van der Waals surface area contributed by atoms with Crippen molar-refractivity contribution >= 4 is 30.5 Å². The first-order valence-corrected chi connectivity index (χ1v) is 13.6. The van der Waals surface area contributed by atoms with Crippen LogP contribution in [0.3, 0.4) is 0 Å². The molecule has 1 aromatic carbocycles. The number of rotatable bonds is 11. The molecule has 1 atom stereocenters. The predicted octanol–water partition coefficient (Wildman–Crippen LogP) is 5.07. The number of halogens is 1. The van der Waals surface area contributed by atoms with Gasteiger partial charge in [-0.2, -0.15) is 4.39 Å². The number of carbonyl (C=O) groups excluding carboxylic acids is 1. The molecule has 0 spiro atoms. The molecule has 0 saturated heterocycles. The lowest BCUT2D eigenvalue weighted by Crippen LogP contribution is -2.12. The number of nitrogens with one attached hydrogen (secondary N) is 1. The summed E-state index contributed by atoms with van der Waals surface area (Å²) in [5.41, 5.74) is 3.79. The quantitative estimate of drug-likeness (QED) is 0.150. The van der Waals surface area contributed by atoms with Crippen molar-refractivity contribution in [3.63, 3.8) is 0 Å². The van der Waals surface area contributed by atoms with E-state index in [1.54, 1.807) is 42.1 Å². The highest BCUT2D eigenvalue weighted by Crippen LogP contribution is 2.44. The third-order valence-corrected chi connectivity index (χ3v) is 6.63. The molecular formula is C27H29FN5O5P. The zero-order chi connectivity index (χ0) is 28.0. The molecule has 1 amide bonds. The summed E-state index contributed by atoms with van der Waals surface area (Å²) in [6.07, 6.45) is 7.94. The van der Waals surface area contributed by atoms with Crippen molar-refractivity contribution in [3.8, 4) is 22.3 Å². The number of carbonyl (C=O) groups is 1. The van der Waals surface area contributed by atoms with Crippen LogP contribution in [0.15, 0.2) is 73.2 Å². The highest BCUT2D eigenvalue weighted by atomic mass is 31.2. The largest absolute Gasteiger partial charge is 0.473 e. The summed E-state index contributed by atoms with van der Waals surface area (Å²) in [5, 5.41) is 3.51. The Kier molecular flexibility index (Phi) is 9.01. The van der Waals surface area contributed by atoms with Gasteiger partial charge in [-0.15, -0.1) is 0 Å². The predicted molar refractivity (Wildman–Crippen MR) is 147 cm³/mol. The summed E-state index contributed by atoms with van der Waals surface area (Å²) in [5.74, 6) is -0.886. The van der Waals surface area contributed by atoms with E-state index >= 15 is 0 Å². The van der Waals surface area contributed by atoms with Crippen molar-refractivity contribution in [2.45, 2.75) is 13.7 Å². The van der Waals surface area contributed by atoms with E-state index in [1.165, 1.54) is 18.3 Å². The number of hydrogen-bond donors (Lipinski definition) is 2. The van der Waals surface area contributed by atoms with E-state index < -0.39 is 13.8 Å². The lowest BCUT2D eigenvalue weighted by Gasteiger charge is -2.12. The van der Waals surface area contributed by atoms with Crippen LogP contribution < -0.4 is 5.32 Å². The number of aromatic nitrogens is 3. The Morgan fingerprint density at radius 2 is 1.97 bits per heavy atom. The average molecular weight is 554 g/mol. The number of phosphoric ester groups is 1. The van der Waals surface area contributed by atoms with Crippen LogP contribution in [0.5, 0.6) is 0 Å². The van der Waals surface area contributed by atoms with E-state index in [1.807, 2.05) is 43.3 Å². The fraction of sp³-hybridized carbons (Fsp3) is 0.222. The van der Waals surface area contributed by atoms with Gasteiger partial charge in [-0.1, -0.05) is 18.2 Å². The van der Waals surface area contributed by atoms with E-state index in [4.69, 9.17) is 9.05 Å². The summed E-state index contributed by atoms with van der Waals surface area (Å²) in [4.78, 5) is 32.3. The van der Waals surface area contributed by atoms with Gasteiger partial charge < -0.3 is 19.7 Å². The smallest absolute Gasteiger partial charge is 0.323 e. The van der Waals surface area contributed by atoms with E-state index in [0.29, 0.717) is 34.4 Å². The zero-order valence-corrected chi connectivity index (χ0v) is 22.6. The molecule has 3 aromatic heterocycles. The number of benzene rings is 1. The first-order valence-electron chi connectivity index (χ1n) is 12.1. The van der Waals surface area contributed by atoms with Gasteiger partial charge in [-0.05, 0) is 56.4 Å². The van der Waals surface area contributed by atoms with Gasteiger partial charge in [-0.25, -0.2) is 14.5 Å². The summed E-state index contributed by atoms with van der Waals surface area (Å²) < 4.78 is 37.5. The minimum atomic E-state index is -4.25. The minimum Gasteiger partial charge on any atom is -0.323 e. The van der Waals surface area contributed by atoms with Crippen molar-refractivity contribution in [2.24, 2.45) is 0 Å². The van der Waals surface area contributed by atoms with E-state index in [9.17, 15) is 18.6 Å². The topological polar surface area (TPSA) is 119 Å². The van der Waals surface area contributed by atoms with Crippen molar-refractivity contribution in [2.75, 3.05) is 32.6 Å². The number of hydrogen-bond acceptors (Lipinski definition) is 7. The monoisotopic (exact) mass is 553 g/mol. The van der Waals surface area contributed by atoms with Gasteiger partial charge in [0.2, 0.25) is 11.9 Å². The van der Waals surface area contributed by atoms with Crippen molar-refractivity contribution in [1.29, 1.82) is 0 Å². The molecule has 1 unspecified atom stereocenters. The summed E-state index contributed by atoms with van der Waals surface area (Å²) in [6.45, 7) is 1.93. The fourth-order valence-electron chi connectivity index (χ4n) is 3.89. The van der Waals surface area contributed by atoms with Gasteiger partial charge in [0.15, 0.2) is 0 Å². The Hall–Kier alpha value is -3.73. The Bertz CT molecular complexity index is 1550. The Morgan fingerprint density at radius 3 is 2.72 bits per heavy atom. The maximum absolute atomic E-state index is 14.0.